The maximum Gasteiger partial charge on any atom is 0.407 e. The zero-order valence-electron chi connectivity index (χ0n) is 12.8. The SMILES string of the molecule is CC(C)(C)OC(=O)NC1CC(C(=O)N2CCCCC2)C1. The molecule has 0 bridgehead atoms. The number of amides is 2. The van der Waals surface area contributed by atoms with Crippen molar-refractivity contribution in [2.45, 2.75) is 64.5 Å². The maximum atomic E-state index is 12.2. The lowest BCUT2D eigenvalue weighted by molar-refractivity contribution is -0.140. The fraction of sp³-hybridized carbons (Fsp3) is 0.867. The number of hydrogen-bond donors (Lipinski definition) is 1. The molecule has 1 heterocycles. The lowest BCUT2D eigenvalue weighted by Crippen LogP contribution is -2.51. The first-order valence-corrected chi connectivity index (χ1v) is 7.63. The zero-order valence-corrected chi connectivity index (χ0v) is 12.8. The molecule has 1 saturated carbocycles. The summed E-state index contributed by atoms with van der Waals surface area (Å²) in [6.07, 6.45) is 4.59. The van der Waals surface area contributed by atoms with E-state index in [4.69, 9.17) is 4.74 Å². The Bertz CT molecular complexity index is 364. The molecule has 5 nitrogen and oxygen atoms in total. The first-order valence-electron chi connectivity index (χ1n) is 7.63. The van der Waals surface area contributed by atoms with Crippen LogP contribution in [0.4, 0.5) is 4.79 Å². The summed E-state index contributed by atoms with van der Waals surface area (Å²) in [5.74, 6) is 0.361. The van der Waals surface area contributed by atoms with Crippen LogP contribution in [0.2, 0.25) is 0 Å². The van der Waals surface area contributed by atoms with Crippen LogP contribution in [0.15, 0.2) is 0 Å². The average molecular weight is 282 g/mol. The highest BCUT2D eigenvalue weighted by atomic mass is 16.6. The number of carbonyl (C=O) groups excluding carboxylic acids is 2. The lowest BCUT2D eigenvalue weighted by atomic mass is 9.79. The van der Waals surface area contributed by atoms with E-state index in [0.29, 0.717) is 0 Å². The Labute approximate surface area is 121 Å². The van der Waals surface area contributed by atoms with Gasteiger partial charge in [0.25, 0.3) is 0 Å². The molecule has 0 aromatic heterocycles. The molecule has 0 unspecified atom stereocenters. The lowest BCUT2D eigenvalue weighted by Gasteiger charge is -2.39. The molecule has 1 aliphatic heterocycles. The standard InChI is InChI=1S/C15H26N2O3/c1-15(2,3)20-14(19)16-12-9-11(10-12)13(18)17-7-5-4-6-8-17/h11-12H,4-10H2,1-3H3,(H,16,19). The third-order valence-corrected chi connectivity index (χ3v) is 3.88. The molecule has 0 aromatic carbocycles. The van der Waals surface area contributed by atoms with Crippen LogP contribution in [0.3, 0.4) is 0 Å². The molecular weight excluding hydrogens is 256 g/mol. The topological polar surface area (TPSA) is 58.6 Å². The second-order valence-electron chi connectivity index (χ2n) is 6.90. The van der Waals surface area contributed by atoms with Gasteiger partial charge >= 0.3 is 6.09 Å². The Hall–Kier alpha value is -1.26. The third kappa shape index (κ3) is 4.12. The highest BCUT2D eigenvalue weighted by molar-refractivity contribution is 5.80. The van der Waals surface area contributed by atoms with Crippen LogP contribution in [0.25, 0.3) is 0 Å². The second-order valence-corrected chi connectivity index (χ2v) is 6.90. The van der Waals surface area contributed by atoms with E-state index in [2.05, 4.69) is 5.32 Å². The van der Waals surface area contributed by atoms with Gasteiger partial charge in [-0.2, -0.15) is 0 Å². The van der Waals surface area contributed by atoms with E-state index in [1.54, 1.807) is 0 Å². The highest BCUT2D eigenvalue weighted by Crippen LogP contribution is 2.30. The summed E-state index contributed by atoms with van der Waals surface area (Å²) in [4.78, 5) is 25.8. The van der Waals surface area contributed by atoms with Crippen LogP contribution < -0.4 is 5.32 Å². The number of ether oxygens (including phenoxy) is 1. The van der Waals surface area contributed by atoms with Gasteiger partial charge in [0.1, 0.15) is 5.60 Å². The third-order valence-electron chi connectivity index (χ3n) is 3.88. The van der Waals surface area contributed by atoms with E-state index >= 15 is 0 Å². The minimum Gasteiger partial charge on any atom is -0.444 e. The molecule has 2 aliphatic rings. The summed E-state index contributed by atoms with van der Waals surface area (Å²) in [7, 11) is 0. The fourth-order valence-electron chi connectivity index (χ4n) is 2.78. The van der Waals surface area contributed by atoms with E-state index in [9.17, 15) is 9.59 Å². The first-order chi connectivity index (χ1) is 9.35. The number of nitrogens with one attached hydrogen (secondary N) is 1. The van der Waals surface area contributed by atoms with Gasteiger partial charge in [0.05, 0.1) is 0 Å². The van der Waals surface area contributed by atoms with Crippen LogP contribution in [-0.4, -0.2) is 41.6 Å². The molecule has 20 heavy (non-hydrogen) atoms. The highest BCUT2D eigenvalue weighted by Gasteiger charge is 2.38. The summed E-state index contributed by atoms with van der Waals surface area (Å²) >= 11 is 0. The minimum atomic E-state index is -0.475. The Balaban J connectivity index is 1.69. The van der Waals surface area contributed by atoms with E-state index in [-0.39, 0.29) is 24.0 Å². The van der Waals surface area contributed by atoms with Gasteiger partial charge < -0.3 is 15.0 Å². The van der Waals surface area contributed by atoms with Gasteiger partial charge in [-0.05, 0) is 52.9 Å². The summed E-state index contributed by atoms with van der Waals surface area (Å²) in [6.45, 7) is 7.33. The van der Waals surface area contributed by atoms with Crippen molar-refractivity contribution in [2.75, 3.05) is 13.1 Å². The monoisotopic (exact) mass is 282 g/mol. The van der Waals surface area contributed by atoms with Gasteiger partial charge in [-0.15, -0.1) is 0 Å². The molecule has 1 saturated heterocycles. The number of hydrogen-bond acceptors (Lipinski definition) is 3. The van der Waals surface area contributed by atoms with Gasteiger partial charge in [-0.25, -0.2) is 4.79 Å². The smallest absolute Gasteiger partial charge is 0.407 e. The molecule has 0 atom stereocenters. The number of piperidine rings is 1. The van der Waals surface area contributed by atoms with Crippen LogP contribution >= 0.6 is 0 Å². The second kappa shape index (κ2) is 6.02. The summed E-state index contributed by atoms with van der Waals surface area (Å²) in [5, 5.41) is 2.83. The Morgan fingerprint density at radius 2 is 1.70 bits per heavy atom. The molecule has 2 amide bonds. The number of nitrogens with zero attached hydrogens (tertiary/aromatic N) is 1. The van der Waals surface area contributed by atoms with Crippen molar-refractivity contribution in [3.05, 3.63) is 0 Å². The normalized spacial score (nSPS) is 26.6. The molecular formula is C15H26N2O3. The summed E-state index contributed by atoms with van der Waals surface area (Å²) in [5.41, 5.74) is -0.475. The molecule has 0 aromatic rings. The van der Waals surface area contributed by atoms with Gasteiger partial charge in [-0.3, -0.25) is 4.79 Å². The van der Waals surface area contributed by atoms with Crippen molar-refractivity contribution < 1.29 is 14.3 Å². The van der Waals surface area contributed by atoms with E-state index in [0.717, 1.165) is 38.8 Å². The van der Waals surface area contributed by atoms with Crippen molar-refractivity contribution in [3.63, 3.8) is 0 Å². The quantitative estimate of drug-likeness (QED) is 0.845. The Kier molecular flexibility index (Phi) is 4.55. The maximum absolute atomic E-state index is 12.2. The number of carbonyl (C=O) groups is 2. The average Bonchev–Trinajstić information content (AvgIpc) is 2.31. The van der Waals surface area contributed by atoms with E-state index < -0.39 is 5.60 Å². The molecule has 114 valence electrons. The molecule has 0 spiro atoms. The predicted molar refractivity (Wildman–Crippen MR) is 76.3 cm³/mol. The molecule has 5 heteroatoms. The Morgan fingerprint density at radius 3 is 2.25 bits per heavy atom. The molecule has 2 fully saturated rings. The van der Waals surface area contributed by atoms with Crippen LogP contribution in [-0.2, 0) is 9.53 Å². The van der Waals surface area contributed by atoms with Crippen molar-refractivity contribution in [1.82, 2.24) is 10.2 Å². The zero-order chi connectivity index (χ0) is 14.8. The summed E-state index contributed by atoms with van der Waals surface area (Å²) in [6, 6.07) is 0.0867. The minimum absolute atomic E-state index is 0.0867. The number of likely N-dealkylation sites (tertiary alicyclic amines) is 1. The molecule has 0 radical (unpaired) electrons. The van der Waals surface area contributed by atoms with Gasteiger partial charge in [0, 0.05) is 25.0 Å². The van der Waals surface area contributed by atoms with Crippen LogP contribution in [0, 0.1) is 5.92 Å². The first kappa shape index (κ1) is 15.1. The Morgan fingerprint density at radius 1 is 1.10 bits per heavy atom. The van der Waals surface area contributed by atoms with E-state index in [1.807, 2.05) is 25.7 Å². The van der Waals surface area contributed by atoms with Crippen molar-refractivity contribution >= 4 is 12.0 Å². The van der Waals surface area contributed by atoms with Crippen LogP contribution in [0.1, 0.15) is 52.9 Å². The number of alkyl carbamates (subject to hydrolysis) is 1. The largest absolute Gasteiger partial charge is 0.444 e. The van der Waals surface area contributed by atoms with Gasteiger partial charge in [-0.1, -0.05) is 0 Å². The predicted octanol–water partition coefficient (Wildman–Crippen LogP) is 2.30. The fourth-order valence-corrected chi connectivity index (χ4v) is 2.78. The van der Waals surface area contributed by atoms with Crippen molar-refractivity contribution in [2.24, 2.45) is 5.92 Å². The molecule has 1 aliphatic carbocycles. The number of rotatable bonds is 2. The van der Waals surface area contributed by atoms with Gasteiger partial charge in [0.2, 0.25) is 5.91 Å². The van der Waals surface area contributed by atoms with Crippen molar-refractivity contribution in [3.8, 4) is 0 Å². The van der Waals surface area contributed by atoms with Crippen LogP contribution in [0.5, 0.6) is 0 Å². The molecule has 2 rings (SSSR count). The van der Waals surface area contributed by atoms with Gasteiger partial charge in [0.15, 0.2) is 0 Å². The molecule has 1 N–H and O–H groups in total. The van der Waals surface area contributed by atoms with E-state index in [1.165, 1.54) is 6.42 Å². The van der Waals surface area contributed by atoms with Crippen molar-refractivity contribution in [1.29, 1.82) is 0 Å². The summed E-state index contributed by atoms with van der Waals surface area (Å²) < 4.78 is 5.21.